The molecular weight excluding hydrogens is 404 g/mol. The molecule has 0 spiro atoms. The number of amides is 2. The Morgan fingerprint density at radius 1 is 1.32 bits per heavy atom. The van der Waals surface area contributed by atoms with Gasteiger partial charge in [0.05, 0.1) is 16.0 Å². The van der Waals surface area contributed by atoms with Crippen LogP contribution in [0.3, 0.4) is 0 Å². The molecule has 2 heterocycles. The molecule has 1 aromatic heterocycles. The highest BCUT2D eigenvalue weighted by Crippen LogP contribution is 2.31. The van der Waals surface area contributed by atoms with Crippen molar-refractivity contribution in [2.45, 2.75) is 19.9 Å². The van der Waals surface area contributed by atoms with E-state index in [9.17, 15) is 9.59 Å². The van der Waals surface area contributed by atoms with Crippen LogP contribution in [0.1, 0.15) is 18.2 Å². The monoisotopic (exact) mass is 422 g/mol. The van der Waals surface area contributed by atoms with Gasteiger partial charge in [-0.15, -0.1) is 11.3 Å². The zero-order valence-corrected chi connectivity index (χ0v) is 16.3. The summed E-state index contributed by atoms with van der Waals surface area (Å²) in [5.74, 6) is 0.617. The molecule has 2 amide bonds. The first-order valence-electron chi connectivity index (χ1n) is 8.12. The Bertz CT molecular complexity index is 777. The molecule has 1 aliphatic rings. The van der Waals surface area contributed by atoms with Gasteiger partial charge in [-0.3, -0.25) is 9.59 Å². The fraction of sp³-hybridized carbons (Fsp3) is 0.333. The summed E-state index contributed by atoms with van der Waals surface area (Å²) in [5.41, 5.74) is 0.733. The van der Waals surface area contributed by atoms with Crippen LogP contribution in [-0.2, 0) is 16.1 Å². The lowest BCUT2D eigenvalue weighted by molar-refractivity contribution is -0.131. The minimum atomic E-state index is -0.114. The van der Waals surface area contributed by atoms with Crippen LogP contribution in [-0.4, -0.2) is 36.4 Å². The predicted molar refractivity (Wildman–Crippen MR) is 102 cm³/mol. The summed E-state index contributed by atoms with van der Waals surface area (Å²) in [6.45, 7) is 3.59. The van der Waals surface area contributed by atoms with Gasteiger partial charge in [0.15, 0.2) is 6.61 Å². The maximum Gasteiger partial charge on any atom is 0.265 e. The van der Waals surface area contributed by atoms with Crippen molar-refractivity contribution in [2.75, 3.05) is 24.6 Å². The highest BCUT2D eigenvalue weighted by molar-refractivity contribution is 9.11. The summed E-state index contributed by atoms with van der Waals surface area (Å²) in [7, 11) is 0. The molecule has 2 aromatic rings. The first-order chi connectivity index (χ1) is 12.1. The lowest BCUT2D eigenvalue weighted by atomic mass is 10.2. The lowest BCUT2D eigenvalue weighted by Crippen LogP contribution is -2.41. The third-order valence-electron chi connectivity index (χ3n) is 4.07. The molecule has 0 atom stereocenters. The minimum Gasteiger partial charge on any atom is -0.482 e. The number of ether oxygens (including phenoxy) is 1. The third-order valence-corrected chi connectivity index (χ3v) is 5.68. The van der Waals surface area contributed by atoms with Gasteiger partial charge in [-0.05, 0) is 47.1 Å². The van der Waals surface area contributed by atoms with E-state index in [1.165, 1.54) is 0 Å². The Morgan fingerprint density at radius 2 is 2.12 bits per heavy atom. The number of fused-ring (bicyclic) bond motifs is 1. The Morgan fingerprint density at radius 3 is 2.84 bits per heavy atom. The maximum absolute atomic E-state index is 12.6. The van der Waals surface area contributed by atoms with E-state index >= 15 is 0 Å². The van der Waals surface area contributed by atoms with E-state index < -0.39 is 0 Å². The van der Waals surface area contributed by atoms with E-state index in [4.69, 9.17) is 4.74 Å². The molecular formula is C18H19BrN2O3S. The van der Waals surface area contributed by atoms with Gasteiger partial charge in [-0.1, -0.05) is 12.1 Å². The van der Waals surface area contributed by atoms with Gasteiger partial charge in [-0.25, -0.2) is 0 Å². The van der Waals surface area contributed by atoms with Crippen molar-refractivity contribution in [3.8, 4) is 5.75 Å². The average molecular weight is 423 g/mol. The summed E-state index contributed by atoms with van der Waals surface area (Å²) in [6, 6.07) is 11.4. The van der Waals surface area contributed by atoms with Crippen LogP contribution >= 0.6 is 27.3 Å². The van der Waals surface area contributed by atoms with Crippen LogP contribution in [0.2, 0.25) is 0 Å². The molecule has 3 rings (SSSR count). The number of benzene rings is 1. The highest BCUT2D eigenvalue weighted by Gasteiger charge is 2.26. The van der Waals surface area contributed by atoms with Crippen molar-refractivity contribution in [1.82, 2.24) is 4.90 Å². The summed E-state index contributed by atoms with van der Waals surface area (Å²) < 4.78 is 6.49. The van der Waals surface area contributed by atoms with Crippen molar-refractivity contribution in [3.05, 3.63) is 45.1 Å². The van der Waals surface area contributed by atoms with Gasteiger partial charge in [0.1, 0.15) is 5.75 Å². The van der Waals surface area contributed by atoms with Crippen LogP contribution in [0.5, 0.6) is 5.75 Å². The number of para-hydroxylation sites is 2. The molecule has 132 valence electrons. The Labute approximate surface area is 159 Å². The SMILES string of the molecule is CCN(Cc1ccc(Br)s1)C(=O)CCN1C(=O)COc2ccccc21. The van der Waals surface area contributed by atoms with Crippen LogP contribution < -0.4 is 9.64 Å². The lowest BCUT2D eigenvalue weighted by Gasteiger charge is -2.30. The molecule has 25 heavy (non-hydrogen) atoms. The largest absolute Gasteiger partial charge is 0.482 e. The molecule has 0 fully saturated rings. The van der Waals surface area contributed by atoms with E-state index in [0.29, 0.717) is 31.8 Å². The number of rotatable bonds is 6. The minimum absolute atomic E-state index is 0.0198. The number of anilines is 1. The van der Waals surface area contributed by atoms with E-state index in [2.05, 4.69) is 15.9 Å². The molecule has 7 heteroatoms. The van der Waals surface area contributed by atoms with Crippen LogP contribution in [0.4, 0.5) is 5.69 Å². The van der Waals surface area contributed by atoms with E-state index in [1.54, 1.807) is 16.2 Å². The van der Waals surface area contributed by atoms with Crippen molar-refractivity contribution < 1.29 is 14.3 Å². The fourth-order valence-electron chi connectivity index (χ4n) is 2.77. The molecule has 0 aliphatic carbocycles. The van der Waals surface area contributed by atoms with Crippen molar-refractivity contribution in [1.29, 1.82) is 0 Å². The van der Waals surface area contributed by atoms with Gasteiger partial charge in [0, 0.05) is 24.4 Å². The second-order valence-electron chi connectivity index (χ2n) is 5.67. The molecule has 0 saturated heterocycles. The molecule has 1 aliphatic heterocycles. The predicted octanol–water partition coefficient (Wildman–Crippen LogP) is 3.67. The number of nitrogens with zero attached hydrogens (tertiary/aromatic N) is 2. The summed E-state index contributed by atoms with van der Waals surface area (Å²) in [5, 5.41) is 0. The van der Waals surface area contributed by atoms with Gasteiger partial charge in [-0.2, -0.15) is 0 Å². The van der Waals surface area contributed by atoms with Gasteiger partial charge in [0.25, 0.3) is 5.91 Å². The summed E-state index contributed by atoms with van der Waals surface area (Å²) in [6.07, 6.45) is 0.292. The number of carbonyl (C=O) groups is 2. The van der Waals surface area contributed by atoms with E-state index in [-0.39, 0.29) is 18.4 Å². The molecule has 0 unspecified atom stereocenters. The first-order valence-corrected chi connectivity index (χ1v) is 9.73. The number of carbonyl (C=O) groups excluding carboxylic acids is 2. The Hall–Kier alpha value is -1.86. The number of thiophene rings is 1. The Kier molecular flexibility index (Phi) is 5.75. The molecule has 0 N–H and O–H groups in total. The number of halogens is 1. The smallest absolute Gasteiger partial charge is 0.265 e. The van der Waals surface area contributed by atoms with Crippen molar-refractivity contribution >= 4 is 44.8 Å². The van der Waals surface area contributed by atoms with Crippen molar-refractivity contribution in [2.24, 2.45) is 0 Å². The summed E-state index contributed by atoms with van der Waals surface area (Å²) in [4.78, 5) is 29.4. The van der Waals surface area contributed by atoms with E-state index in [0.717, 1.165) is 14.4 Å². The normalized spacial score (nSPS) is 13.4. The molecule has 1 aromatic carbocycles. The topological polar surface area (TPSA) is 49.9 Å². The van der Waals surface area contributed by atoms with Crippen LogP contribution in [0.15, 0.2) is 40.2 Å². The molecule has 0 bridgehead atoms. The Balaban J connectivity index is 1.64. The fourth-order valence-corrected chi connectivity index (χ4v) is 4.26. The second-order valence-corrected chi connectivity index (χ2v) is 8.21. The number of hydrogen-bond acceptors (Lipinski definition) is 4. The van der Waals surface area contributed by atoms with Crippen molar-refractivity contribution in [3.63, 3.8) is 0 Å². The zero-order valence-electron chi connectivity index (χ0n) is 13.9. The number of hydrogen-bond donors (Lipinski definition) is 0. The van der Waals surface area contributed by atoms with E-state index in [1.807, 2.05) is 48.2 Å². The highest BCUT2D eigenvalue weighted by atomic mass is 79.9. The third kappa shape index (κ3) is 4.22. The molecule has 0 radical (unpaired) electrons. The first kappa shape index (κ1) is 17.9. The standard InChI is InChI=1S/C18H19BrN2O3S/c1-2-20(11-13-7-8-16(19)25-13)17(22)9-10-21-14-5-3-4-6-15(14)24-12-18(21)23/h3-8H,2,9-12H2,1H3. The van der Waals surface area contributed by atoms with Crippen LogP contribution in [0.25, 0.3) is 0 Å². The molecule has 0 saturated carbocycles. The maximum atomic E-state index is 12.6. The van der Waals surface area contributed by atoms with Crippen LogP contribution in [0, 0.1) is 0 Å². The van der Waals surface area contributed by atoms with Gasteiger partial charge in [0.2, 0.25) is 5.91 Å². The zero-order chi connectivity index (χ0) is 17.8. The average Bonchev–Trinajstić information content (AvgIpc) is 3.03. The molecule has 5 nitrogen and oxygen atoms in total. The second kappa shape index (κ2) is 8.01. The van der Waals surface area contributed by atoms with Gasteiger partial charge >= 0.3 is 0 Å². The van der Waals surface area contributed by atoms with Gasteiger partial charge < -0.3 is 14.5 Å². The summed E-state index contributed by atoms with van der Waals surface area (Å²) >= 11 is 5.07. The quantitative estimate of drug-likeness (QED) is 0.713.